The molecule has 1 rings (SSSR count). The molecule has 1 N–H and O–H groups in total. The van der Waals surface area contributed by atoms with Crippen LogP contribution in [0.3, 0.4) is 0 Å². The smallest absolute Gasteiger partial charge is 0.306 e. The summed E-state index contributed by atoms with van der Waals surface area (Å²) in [5.74, 6) is -0.681. The Labute approximate surface area is 175 Å². The topological polar surface area (TPSA) is 91.3 Å². The molecular weight excluding hydrogens is 376 g/mol. The van der Waals surface area contributed by atoms with E-state index in [0.717, 1.165) is 57.8 Å². The number of methoxy groups -OCH3 is 1. The third kappa shape index (κ3) is 10.4. The first kappa shape index (κ1) is 25.9. The molecule has 0 spiro atoms. The summed E-state index contributed by atoms with van der Waals surface area (Å²) in [5.41, 5.74) is 0. The van der Waals surface area contributed by atoms with E-state index in [4.69, 9.17) is 18.9 Å². The second-order valence-corrected chi connectivity index (χ2v) is 7.74. The van der Waals surface area contributed by atoms with Crippen LogP contribution in [0.25, 0.3) is 0 Å². The van der Waals surface area contributed by atoms with Gasteiger partial charge in [0.1, 0.15) is 18.8 Å². The van der Waals surface area contributed by atoms with E-state index in [0.29, 0.717) is 12.8 Å². The van der Waals surface area contributed by atoms with E-state index in [9.17, 15) is 14.7 Å². The van der Waals surface area contributed by atoms with Gasteiger partial charge in [0.05, 0.1) is 0 Å². The Kier molecular flexibility index (Phi) is 13.9. The maximum Gasteiger partial charge on any atom is 0.306 e. The molecule has 1 aliphatic heterocycles. The summed E-state index contributed by atoms with van der Waals surface area (Å²) in [4.78, 5) is 23.9. The fourth-order valence-electron chi connectivity index (χ4n) is 3.36. The van der Waals surface area contributed by atoms with Gasteiger partial charge in [-0.3, -0.25) is 9.59 Å². The molecule has 1 heterocycles. The second-order valence-electron chi connectivity index (χ2n) is 7.74. The summed E-state index contributed by atoms with van der Waals surface area (Å²) >= 11 is 0. The molecule has 0 aromatic carbocycles. The van der Waals surface area contributed by atoms with Crippen molar-refractivity contribution in [3.05, 3.63) is 0 Å². The van der Waals surface area contributed by atoms with E-state index in [1.165, 1.54) is 13.5 Å². The number of rotatable bonds is 16. The van der Waals surface area contributed by atoms with Gasteiger partial charge in [-0.15, -0.1) is 0 Å². The van der Waals surface area contributed by atoms with Crippen LogP contribution in [0.2, 0.25) is 0 Å². The molecule has 29 heavy (non-hydrogen) atoms. The minimum absolute atomic E-state index is 0.0834. The summed E-state index contributed by atoms with van der Waals surface area (Å²) < 4.78 is 21.4. The Hall–Kier alpha value is -1.18. The lowest BCUT2D eigenvalue weighted by molar-refractivity contribution is -0.182. The summed E-state index contributed by atoms with van der Waals surface area (Å²) in [6.45, 7) is 4.20. The molecule has 0 unspecified atom stereocenters. The molecule has 0 saturated carbocycles. The van der Waals surface area contributed by atoms with Crippen molar-refractivity contribution in [2.24, 2.45) is 0 Å². The number of hydrogen-bond donors (Lipinski definition) is 1. The van der Waals surface area contributed by atoms with Gasteiger partial charge in [0.25, 0.3) is 0 Å². The SMILES string of the molecule is CCCCCCCC(=O)OC[C@H]1O[C@H](OC)[C@@H](OC(=O)CCCCCCC)[C@@H]1O. The van der Waals surface area contributed by atoms with Gasteiger partial charge in [-0.25, -0.2) is 0 Å². The van der Waals surface area contributed by atoms with Crippen molar-refractivity contribution in [3.8, 4) is 0 Å². The Morgan fingerprint density at radius 3 is 1.97 bits per heavy atom. The van der Waals surface area contributed by atoms with Gasteiger partial charge in [-0.2, -0.15) is 0 Å². The number of hydrogen-bond acceptors (Lipinski definition) is 7. The standard InChI is InChI=1S/C22H40O7/c1-4-6-8-10-12-14-18(23)27-16-17-20(25)21(22(26-3)28-17)29-19(24)15-13-11-9-7-5-2/h17,20-22,25H,4-16H2,1-3H3/t17-,20-,21+,22+/m1/s1. The predicted molar refractivity (Wildman–Crippen MR) is 109 cm³/mol. The van der Waals surface area contributed by atoms with E-state index >= 15 is 0 Å². The van der Waals surface area contributed by atoms with Crippen LogP contribution in [0.1, 0.15) is 90.9 Å². The molecule has 0 aliphatic carbocycles. The number of carbonyl (C=O) groups is 2. The van der Waals surface area contributed by atoms with E-state index in [2.05, 4.69) is 13.8 Å². The maximum atomic E-state index is 12.1. The van der Waals surface area contributed by atoms with E-state index in [1.807, 2.05) is 0 Å². The van der Waals surface area contributed by atoms with Gasteiger partial charge in [-0.05, 0) is 12.8 Å². The van der Waals surface area contributed by atoms with Crippen molar-refractivity contribution in [1.29, 1.82) is 0 Å². The quantitative estimate of drug-likeness (QED) is 0.301. The average Bonchev–Trinajstić information content (AvgIpc) is 3.01. The highest BCUT2D eigenvalue weighted by Gasteiger charge is 2.47. The van der Waals surface area contributed by atoms with Crippen molar-refractivity contribution >= 4 is 11.9 Å². The minimum atomic E-state index is -1.10. The second kappa shape index (κ2) is 15.6. The highest BCUT2D eigenvalue weighted by Crippen LogP contribution is 2.26. The minimum Gasteiger partial charge on any atom is -0.463 e. The van der Waals surface area contributed by atoms with Crippen molar-refractivity contribution in [2.75, 3.05) is 13.7 Å². The Bertz CT molecular complexity index is 454. The molecule has 1 fully saturated rings. The van der Waals surface area contributed by atoms with Crippen LogP contribution in [-0.4, -0.2) is 55.4 Å². The average molecular weight is 417 g/mol. The van der Waals surface area contributed by atoms with Crippen LogP contribution in [0.15, 0.2) is 0 Å². The predicted octanol–water partition coefficient (Wildman–Crippen LogP) is 3.89. The largest absolute Gasteiger partial charge is 0.463 e. The first-order valence-corrected chi connectivity index (χ1v) is 11.2. The zero-order valence-corrected chi connectivity index (χ0v) is 18.4. The number of ether oxygens (including phenoxy) is 4. The summed E-state index contributed by atoms with van der Waals surface area (Å²) in [7, 11) is 1.42. The first-order valence-electron chi connectivity index (χ1n) is 11.2. The summed E-state index contributed by atoms with van der Waals surface area (Å²) in [6.07, 6.45) is 7.43. The molecule has 7 heteroatoms. The fraction of sp³-hybridized carbons (Fsp3) is 0.909. The maximum absolute atomic E-state index is 12.1. The molecule has 0 radical (unpaired) electrons. The van der Waals surface area contributed by atoms with Crippen LogP contribution >= 0.6 is 0 Å². The van der Waals surface area contributed by atoms with Crippen molar-refractivity contribution in [1.82, 2.24) is 0 Å². The third-order valence-corrected chi connectivity index (χ3v) is 5.17. The molecule has 1 saturated heterocycles. The van der Waals surface area contributed by atoms with Gasteiger partial charge in [0, 0.05) is 20.0 Å². The van der Waals surface area contributed by atoms with Crippen LogP contribution in [0.4, 0.5) is 0 Å². The lowest BCUT2D eigenvalue weighted by Crippen LogP contribution is -2.39. The van der Waals surface area contributed by atoms with Gasteiger partial charge in [0.15, 0.2) is 12.4 Å². The van der Waals surface area contributed by atoms with Crippen LogP contribution < -0.4 is 0 Å². The molecular formula is C22H40O7. The fourth-order valence-corrected chi connectivity index (χ4v) is 3.36. The number of unbranched alkanes of at least 4 members (excludes halogenated alkanes) is 8. The highest BCUT2D eigenvalue weighted by molar-refractivity contribution is 5.70. The Morgan fingerprint density at radius 2 is 1.41 bits per heavy atom. The molecule has 0 amide bonds. The normalized spacial score (nSPS) is 23.9. The number of aliphatic hydroxyl groups excluding tert-OH is 1. The molecule has 0 aromatic heterocycles. The molecule has 7 nitrogen and oxygen atoms in total. The monoisotopic (exact) mass is 416 g/mol. The number of carbonyl (C=O) groups excluding carboxylic acids is 2. The molecule has 0 aromatic rings. The zero-order valence-electron chi connectivity index (χ0n) is 18.4. The summed E-state index contributed by atoms with van der Waals surface area (Å²) in [5, 5.41) is 10.5. The van der Waals surface area contributed by atoms with Crippen LogP contribution in [0, 0.1) is 0 Å². The van der Waals surface area contributed by atoms with E-state index < -0.39 is 24.6 Å². The van der Waals surface area contributed by atoms with Gasteiger partial charge in [0.2, 0.25) is 0 Å². The van der Waals surface area contributed by atoms with Crippen molar-refractivity contribution in [3.63, 3.8) is 0 Å². The van der Waals surface area contributed by atoms with Crippen molar-refractivity contribution < 1.29 is 33.6 Å². The van der Waals surface area contributed by atoms with Gasteiger partial charge in [-0.1, -0.05) is 65.2 Å². The van der Waals surface area contributed by atoms with E-state index in [1.54, 1.807) is 0 Å². The van der Waals surface area contributed by atoms with E-state index in [-0.39, 0.29) is 18.5 Å². The Morgan fingerprint density at radius 1 is 0.862 bits per heavy atom. The molecule has 0 bridgehead atoms. The lowest BCUT2D eigenvalue weighted by atomic mass is 10.1. The van der Waals surface area contributed by atoms with Crippen LogP contribution in [-0.2, 0) is 28.5 Å². The van der Waals surface area contributed by atoms with Crippen LogP contribution in [0.5, 0.6) is 0 Å². The number of esters is 2. The number of aliphatic hydroxyl groups is 1. The summed E-state index contributed by atoms with van der Waals surface area (Å²) in [6, 6.07) is 0. The lowest BCUT2D eigenvalue weighted by Gasteiger charge is -2.19. The van der Waals surface area contributed by atoms with Gasteiger partial charge >= 0.3 is 11.9 Å². The van der Waals surface area contributed by atoms with Gasteiger partial charge < -0.3 is 24.1 Å². The molecule has 4 atom stereocenters. The highest BCUT2D eigenvalue weighted by atomic mass is 16.7. The molecule has 170 valence electrons. The molecule has 1 aliphatic rings. The zero-order chi connectivity index (χ0) is 21.5. The van der Waals surface area contributed by atoms with Crippen molar-refractivity contribution in [2.45, 2.75) is 115 Å². The first-order chi connectivity index (χ1) is 14.0. The Balaban J connectivity index is 2.32. The third-order valence-electron chi connectivity index (χ3n) is 5.17.